The Labute approximate surface area is 169 Å². The van der Waals surface area contributed by atoms with Gasteiger partial charge in [-0.3, -0.25) is 0 Å². The molecule has 0 atom stereocenters. The highest BCUT2D eigenvalue weighted by molar-refractivity contribution is 6.14. The van der Waals surface area contributed by atoms with Gasteiger partial charge in [-0.2, -0.15) is 0 Å². The molecule has 2 N–H and O–H groups in total. The van der Waals surface area contributed by atoms with Crippen molar-refractivity contribution >= 4 is 38.1 Å². The molecule has 0 spiro atoms. The van der Waals surface area contributed by atoms with Crippen LogP contribution in [0.15, 0.2) is 66.7 Å². The van der Waals surface area contributed by atoms with Gasteiger partial charge in [0.05, 0.1) is 11.2 Å². The lowest BCUT2D eigenvalue weighted by Gasteiger charge is -2.20. The van der Waals surface area contributed by atoms with Crippen LogP contribution in [0.25, 0.3) is 43.7 Å². The Bertz CT molecular complexity index is 1420. The second-order valence-corrected chi connectivity index (χ2v) is 8.02. The normalized spacial score (nSPS) is 13.8. The monoisotopic (exact) mass is 375 g/mol. The Morgan fingerprint density at radius 2 is 1.52 bits per heavy atom. The van der Waals surface area contributed by atoms with E-state index in [4.69, 9.17) is 5.73 Å². The first-order valence-corrected chi connectivity index (χ1v) is 10.3. The summed E-state index contributed by atoms with van der Waals surface area (Å²) in [6.07, 6.45) is 4.90. The molecule has 4 aromatic carbocycles. The molecule has 1 heterocycles. The van der Waals surface area contributed by atoms with E-state index in [2.05, 4.69) is 58.7 Å². The zero-order valence-corrected chi connectivity index (χ0v) is 16.2. The van der Waals surface area contributed by atoms with Crippen molar-refractivity contribution in [3.63, 3.8) is 0 Å². The summed E-state index contributed by atoms with van der Waals surface area (Å²) in [5.74, 6) is 0. The highest BCUT2D eigenvalue weighted by Gasteiger charge is 2.17. The van der Waals surface area contributed by atoms with Gasteiger partial charge < -0.3 is 5.73 Å². The number of hydrogen-bond acceptors (Lipinski definition) is 3. The van der Waals surface area contributed by atoms with E-state index in [0.717, 1.165) is 34.3 Å². The molecule has 29 heavy (non-hydrogen) atoms. The first-order valence-electron chi connectivity index (χ1n) is 10.3. The van der Waals surface area contributed by atoms with E-state index in [0.29, 0.717) is 0 Å². The molecule has 0 aliphatic heterocycles. The van der Waals surface area contributed by atoms with E-state index in [-0.39, 0.29) is 0 Å². The maximum absolute atomic E-state index is 6.01. The molecular formula is C26H21N3. The molecule has 140 valence electrons. The average molecular weight is 375 g/mol. The van der Waals surface area contributed by atoms with Gasteiger partial charge in [0.15, 0.2) is 0 Å². The van der Waals surface area contributed by atoms with E-state index < -0.39 is 0 Å². The van der Waals surface area contributed by atoms with Crippen LogP contribution in [0.2, 0.25) is 0 Å². The number of nitrogens with two attached hydrogens (primary N) is 1. The molecule has 6 rings (SSSR count). The summed E-state index contributed by atoms with van der Waals surface area (Å²) in [5, 5.41) is 15.3. The van der Waals surface area contributed by atoms with Crippen LogP contribution in [0.3, 0.4) is 0 Å². The lowest BCUT2D eigenvalue weighted by Crippen LogP contribution is -2.03. The molecule has 3 heteroatoms. The van der Waals surface area contributed by atoms with Gasteiger partial charge in [0.1, 0.15) is 0 Å². The van der Waals surface area contributed by atoms with Crippen molar-refractivity contribution in [2.24, 2.45) is 0 Å². The smallest absolute Gasteiger partial charge is 0.0942 e. The van der Waals surface area contributed by atoms with Crippen LogP contribution in [0.1, 0.15) is 24.0 Å². The molecular weight excluding hydrogens is 354 g/mol. The molecule has 5 aromatic rings. The summed E-state index contributed by atoms with van der Waals surface area (Å²) in [4.78, 5) is 0. The maximum atomic E-state index is 6.01. The summed E-state index contributed by atoms with van der Waals surface area (Å²) in [6.45, 7) is 0. The highest BCUT2D eigenvalue weighted by Crippen LogP contribution is 2.38. The van der Waals surface area contributed by atoms with Gasteiger partial charge in [-0.1, -0.05) is 36.4 Å². The van der Waals surface area contributed by atoms with E-state index in [1.165, 1.54) is 51.9 Å². The predicted molar refractivity (Wildman–Crippen MR) is 121 cm³/mol. The molecule has 1 aromatic heterocycles. The van der Waals surface area contributed by atoms with Gasteiger partial charge >= 0.3 is 0 Å². The van der Waals surface area contributed by atoms with E-state index in [9.17, 15) is 0 Å². The zero-order valence-electron chi connectivity index (χ0n) is 16.2. The van der Waals surface area contributed by atoms with Crippen molar-refractivity contribution < 1.29 is 0 Å². The third kappa shape index (κ3) is 2.58. The quantitative estimate of drug-likeness (QED) is 0.286. The fourth-order valence-electron chi connectivity index (χ4n) is 4.84. The highest BCUT2D eigenvalue weighted by atomic mass is 15.1. The van der Waals surface area contributed by atoms with Crippen LogP contribution in [0, 0.1) is 0 Å². The van der Waals surface area contributed by atoms with Crippen molar-refractivity contribution in [1.29, 1.82) is 0 Å². The Kier molecular flexibility index (Phi) is 3.57. The van der Waals surface area contributed by atoms with Gasteiger partial charge in [0.25, 0.3) is 0 Å². The Hall–Kier alpha value is -3.46. The fraction of sp³-hybridized carbons (Fsp3) is 0.154. The van der Waals surface area contributed by atoms with Gasteiger partial charge in [0, 0.05) is 16.6 Å². The minimum absolute atomic E-state index is 0.744. The van der Waals surface area contributed by atoms with Crippen LogP contribution in [-0.2, 0) is 12.8 Å². The second kappa shape index (κ2) is 6.28. The maximum Gasteiger partial charge on any atom is 0.0942 e. The Balaban J connectivity index is 1.71. The summed E-state index contributed by atoms with van der Waals surface area (Å²) in [6, 6.07) is 23.5. The molecule has 3 nitrogen and oxygen atoms in total. The molecule has 0 bridgehead atoms. The molecule has 0 saturated heterocycles. The van der Waals surface area contributed by atoms with Crippen molar-refractivity contribution in [2.75, 3.05) is 5.73 Å². The number of fused-ring (bicyclic) bond motifs is 6. The minimum atomic E-state index is 0.744. The van der Waals surface area contributed by atoms with Gasteiger partial charge in [-0.05, 0) is 88.7 Å². The molecule has 1 aliphatic rings. The third-order valence-electron chi connectivity index (χ3n) is 6.26. The molecule has 0 saturated carbocycles. The largest absolute Gasteiger partial charge is 0.399 e. The Morgan fingerprint density at radius 1 is 0.690 bits per heavy atom. The summed E-state index contributed by atoms with van der Waals surface area (Å²) >= 11 is 0. The van der Waals surface area contributed by atoms with Gasteiger partial charge in [0.2, 0.25) is 0 Å². The third-order valence-corrected chi connectivity index (χ3v) is 6.26. The zero-order chi connectivity index (χ0) is 19.4. The molecule has 1 aliphatic carbocycles. The SMILES string of the molecule is Nc1ccc2nnc(-c3cc4c5c(ccc4c4ccccc34)CCCC5)cc2c1. The first kappa shape index (κ1) is 16.5. The number of aromatic nitrogens is 2. The number of anilines is 1. The van der Waals surface area contributed by atoms with Crippen LogP contribution < -0.4 is 5.73 Å². The Morgan fingerprint density at radius 3 is 2.45 bits per heavy atom. The fourth-order valence-corrected chi connectivity index (χ4v) is 4.84. The van der Waals surface area contributed by atoms with Crippen LogP contribution in [-0.4, -0.2) is 10.2 Å². The summed E-state index contributed by atoms with van der Waals surface area (Å²) in [5.41, 5.74) is 12.7. The number of nitrogen functional groups attached to an aromatic ring is 1. The number of hydrogen-bond donors (Lipinski definition) is 1. The number of nitrogens with zero attached hydrogens (tertiary/aromatic N) is 2. The van der Waals surface area contributed by atoms with E-state index >= 15 is 0 Å². The van der Waals surface area contributed by atoms with Crippen LogP contribution >= 0.6 is 0 Å². The molecule has 0 fully saturated rings. The van der Waals surface area contributed by atoms with Gasteiger partial charge in [-0.15, -0.1) is 10.2 Å². The number of aryl methyl sites for hydroxylation is 2. The lowest BCUT2D eigenvalue weighted by molar-refractivity contribution is 0.690. The number of benzene rings is 4. The average Bonchev–Trinajstić information content (AvgIpc) is 2.77. The van der Waals surface area contributed by atoms with Gasteiger partial charge in [-0.25, -0.2) is 0 Å². The standard InChI is InChI=1S/C26H21N3/c27-18-10-12-25-17(13-18)14-26(29-28-25)24-15-23-19-6-2-1-5-16(19)9-11-22(23)20-7-3-4-8-21(20)24/h3-4,7-15H,1-2,5-6,27H2. The van der Waals surface area contributed by atoms with E-state index in [1.54, 1.807) is 0 Å². The minimum Gasteiger partial charge on any atom is -0.399 e. The topological polar surface area (TPSA) is 51.8 Å². The first-order chi connectivity index (χ1) is 14.3. The van der Waals surface area contributed by atoms with Crippen LogP contribution in [0.5, 0.6) is 0 Å². The number of rotatable bonds is 1. The molecule has 0 amide bonds. The molecule has 0 unspecified atom stereocenters. The lowest BCUT2D eigenvalue weighted by atomic mass is 9.85. The summed E-state index contributed by atoms with van der Waals surface area (Å²) < 4.78 is 0. The van der Waals surface area contributed by atoms with Crippen LogP contribution in [0.4, 0.5) is 5.69 Å². The van der Waals surface area contributed by atoms with Crippen molar-refractivity contribution in [1.82, 2.24) is 10.2 Å². The van der Waals surface area contributed by atoms with E-state index in [1.807, 2.05) is 18.2 Å². The predicted octanol–water partition coefficient (Wildman–Crippen LogP) is 6.06. The second-order valence-electron chi connectivity index (χ2n) is 8.02. The van der Waals surface area contributed by atoms with Crippen molar-refractivity contribution in [2.45, 2.75) is 25.7 Å². The molecule has 0 radical (unpaired) electrons. The van der Waals surface area contributed by atoms with Crippen molar-refractivity contribution in [3.8, 4) is 11.3 Å². The summed E-state index contributed by atoms with van der Waals surface area (Å²) in [7, 11) is 0. The van der Waals surface area contributed by atoms with Crippen molar-refractivity contribution in [3.05, 3.63) is 77.9 Å².